The highest BCUT2D eigenvalue weighted by Gasteiger charge is 2.12. The van der Waals surface area contributed by atoms with E-state index in [9.17, 15) is 9.90 Å². The summed E-state index contributed by atoms with van der Waals surface area (Å²) in [6.07, 6.45) is 0. The summed E-state index contributed by atoms with van der Waals surface area (Å²) in [6, 6.07) is 10.4. The van der Waals surface area contributed by atoms with Crippen LogP contribution in [0.1, 0.15) is 23.0 Å². The molecule has 134 valence electrons. The van der Waals surface area contributed by atoms with Crippen LogP contribution in [0.3, 0.4) is 0 Å². The second-order valence-electron chi connectivity index (χ2n) is 5.30. The molecule has 0 saturated heterocycles. The Morgan fingerprint density at radius 1 is 1.35 bits per heavy atom. The quantitative estimate of drug-likeness (QED) is 0.420. The Morgan fingerprint density at radius 3 is 2.85 bits per heavy atom. The van der Waals surface area contributed by atoms with Gasteiger partial charge in [0.05, 0.1) is 27.2 Å². The molecule has 7 nitrogen and oxygen atoms in total. The number of aromatic nitrogens is 2. The number of amides is 1. The van der Waals surface area contributed by atoms with Crippen molar-refractivity contribution in [3.05, 3.63) is 51.4 Å². The summed E-state index contributed by atoms with van der Waals surface area (Å²) in [5, 5.41) is 20.6. The van der Waals surface area contributed by atoms with Gasteiger partial charge in [-0.25, -0.2) is 5.43 Å². The molecule has 3 N–H and O–H groups in total. The second-order valence-corrected chi connectivity index (χ2v) is 7.76. The van der Waals surface area contributed by atoms with Gasteiger partial charge in [-0.05, 0) is 59.3 Å². The molecule has 0 saturated carbocycles. The zero-order valence-electron chi connectivity index (χ0n) is 13.9. The Kier molecular flexibility index (Phi) is 5.38. The molecule has 0 atom stereocenters. The van der Waals surface area contributed by atoms with Crippen LogP contribution in [0.25, 0.3) is 10.6 Å². The number of hydrogen-bond acceptors (Lipinski definition) is 6. The van der Waals surface area contributed by atoms with Crippen molar-refractivity contribution < 1.29 is 14.6 Å². The summed E-state index contributed by atoms with van der Waals surface area (Å²) in [6.45, 7) is 1.74. The molecule has 3 rings (SSSR count). The maximum atomic E-state index is 12.2. The van der Waals surface area contributed by atoms with Gasteiger partial charge in [-0.1, -0.05) is 0 Å². The third-order valence-electron chi connectivity index (χ3n) is 3.57. The number of hydrazone groups is 1. The number of carbonyl (C=O) groups excluding carboxylic acids is 1. The van der Waals surface area contributed by atoms with Crippen molar-refractivity contribution in [3.63, 3.8) is 0 Å². The number of halogens is 1. The highest BCUT2D eigenvalue weighted by molar-refractivity contribution is 9.11. The average molecular weight is 435 g/mol. The molecule has 2 aromatic heterocycles. The SMILES string of the molecule is COc1cc(C(C)=NNC(=O)c2cc(-c3ccc(Br)s3)[nH]n2)ccc1O. The molecule has 2 heterocycles. The number of H-pyrrole nitrogens is 1. The van der Waals surface area contributed by atoms with Gasteiger partial charge in [-0.2, -0.15) is 10.2 Å². The smallest absolute Gasteiger partial charge is 0.291 e. The number of nitrogens with one attached hydrogen (secondary N) is 2. The van der Waals surface area contributed by atoms with Crippen molar-refractivity contribution in [2.75, 3.05) is 7.11 Å². The highest BCUT2D eigenvalue weighted by Crippen LogP contribution is 2.30. The summed E-state index contributed by atoms with van der Waals surface area (Å²) in [7, 11) is 1.47. The van der Waals surface area contributed by atoms with Gasteiger partial charge < -0.3 is 9.84 Å². The minimum atomic E-state index is -0.423. The minimum absolute atomic E-state index is 0.0392. The number of thiophene rings is 1. The molecule has 0 unspecified atom stereocenters. The Hall–Kier alpha value is -2.65. The number of carbonyl (C=O) groups is 1. The highest BCUT2D eigenvalue weighted by atomic mass is 79.9. The van der Waals surface area contributed by atoms with Crippen molar-refractivity contribution in [1.29, 1.82) is 0 Å². The van der Waals surface area contributed by atoms with Gasteiger partial charge in [0.2, 0.25) is 0 Å². The fourth-order valence-electron chi connectivity index (χ4n) is 2.18. The topological polar surface area (TPSA) is 99.6 Å². The van der Waals surface area contributed by atoms with Gasteiger partial charge >= 0.3 is 0 Å². The second kappa shape index (κ2) is 7.71. The van der Waals surface area contributed by atoms with E-state index in [2.05, 4.69) is 36.7 Å². The number of methoxy groups -OCH3 is 1. The lowest BCUT2D eigenvalue weighted by Crippen LogP contribution is -2.19. The van der Waals surface area contributed by atoms with Crippen LogP contribution in [0.15, 0.2) is 45.3 Å². The molecule has 0 bridgehead atoms. The molecule has 26 heavy (non-hydrogen) atoms. The number of rotatable bonds is 5. The molecule has 0 spiro atoms. The number of hydrogen-bond donors (Lipinski definition) is 3. The largest absolute Gasteiger partial charge is 0.504 e. The van der Waals surface area contributed by atoms with Crippen LogP contribution in [-0.4, -0.2) is 34.0 Å². The number of ether oxygens (including phenoxy) is 1. The Bertz CT molecular complexity index is 980. The summed E-state index contributed by atoms with van der Waals surface area (Å²) in [5.41, 5.74) is 4.75. The van der Waals surface area contributed by atoms with Crippen LogP contribution < -0.4 is 10.2 Å². The molecule has 1 aromatic carbocycles. The average Bonchev–Trinajstić information content (AvgIpc) is 3.28. The lowest BCUT2D eigenvalue weighted by atomic mass is 10.1. The predicted molar refractivity (Wildman–Crippen MR) is 104 cm³/mol. The summed E-state index contributed by atoms with van der Waals surface area (Å²) >= 11 is 4.95. The lowest BCUT2D eigenvalue weighted by molar-refractivity contribution is 0.0950. The van der Waals surface area contributed by atoms with E-state index in [0.29, 0.717) is 17.0 Å². The van der Waals surface area contributed by atoms with Crippen molar-refractivity contribution in [3.8, 4) is 22.1 Å². The van der Waals surface area contributed by atoms with Crippen molar-refractivity contribution in [2.45, 2.75) is 6.92 Å². The number of aromatic hydroxyl groups is 1. The van der Waals surface area contributed by atoms with Crippen molar-refractivity contribution >= 4 is 38.9 Å². The summed E-state index contributed by atoms with van der Waals surface area (Å²) < 4.78 is 6.07. The van der Waals surface area contributed by atoms with Crippen LogP contribution in [0.5, 0.6) is 11.5 Å². The first-order valence-corrected chi connectivity index (χ1v) is 9.12. The first-order valence-electron chi connectivity index (χ1n) is 7.51. The molecule has 1 amide bonds. The van der Waals surface area contributed by atoms with Crippen LogP contribution >= 0.6 is 27.3 Å². The van der Waals surface area contributed by atoms with E-state index in [1.165, 1.54) is 24.5 Å². The van der Waals surface area contributed by atoms with Gasteiger partial charge in [0, 0.05) is 5.56 Å². The molecule has 0 aliphatic rings. The molecule has 0 radical (unpaired) electrons. The molecular weight excluding hydrogens is 420 g/mol. The minimum Gasteiger partial charge on any atom is -0.504 e. The van der Waals surface area contributed by atoms with E-state index >= 15 is 0 Å². The van der Waals surface area contributed by atoms with Gasteiger partial charge in [-0.3, -0.25) is 9.89 Å². The maximum Gasteiger partial charge on any atom is 0.291 e. The molecule has 3 aromatic rings. The van der Waals surface area contributed by atoms with Crippen molar-refractivity contribution in [2.24, 2.45) is 5.10 Å². The molecule has 0 aliphatic heterocycles. The fraction of sp³-hybridized carbons (Fsp3) is 0.118. The van der Waals surface area contributed by atoms with E-state index in [1.54, 1.807) is 25.1 Å². The summed E-state index contributed by atoms with van der Waals surface area (Å²) in [5.74, 6) is -0.0482. The third kappa shape index (κ3) is 3.94. The predicted octanol–water partition coefficient (Wildman–Crippen LogP) is 3.77. The number of phenolic OH excluding ortho intramolecular Hbond substituents is 1. The number of phenols is 1. The van der Waals surface area contributed by atoms with Crippen LogP contribution in [0.2, 0.25) is 0 Å². The Balaban J connectivity index is 1.72. The number of benzene rings is 1. The van der Waals surface area contributed by atoms with Crippen LogP contribution in [0.4, 0.5) is 0 Å². The maximum absolute atomic E-state index is 12.2. The van der Waals surface area contributed by atoms with E-state index in [1.807, 2.05) is 12.1 Å². The summed E-state index contributed by atoms with van der Waals surface area (Å²) in [4.78, 5) is 13.2. The number of nitrogens with zero attached hydrogens (tertiary/aromatic N) is 2. The van der Waals surface area contributed by atoms with Gasteiger partial charge in [0.15, 0.2) is 17.2 Å². The van der Waals surface area contributed by atoms with Gasteiger partial charge in [0.25, 0.3) is 5.91 Å². The standard InChI is InChI=1S/C17H15BrN4O3S/c1-9(10-3-4-13(23)14(7-10)25-2)19-22-17(24)12-8-11(20-21-12)15-5-6-16(18)26-15/h3-8,23H,1-2H3,(H,20,21)(H,22,24). The first-order chi connectivity index (χ1) is 12.5. The van der Waals surface area contributed by atoms with Gasteiger partial charge in [0.1, 0.15) is 0 Å². The number of aromatic amines is 1. The third-order valence-corrected chi connectivity index (χ3v) is 5.23. The van der Waals surface area contributed by atoms with E-state index in [-0.39, 0.29) is 11.4 Å². The Morgan fingerprint density at radius 2 is 2.15 bits per heavy atom. The zero-order valence-corrected chi connectivity index (χ0v) is 16.3. The monoisotopic (exact) mass is 434 g/mol. The fourth-order valence-corrected chi connectivity index (χ4v) is 3.53. The van der Waals surface area contributed by atoms with Crippen molar-refractivity contribution in [1.82, 2.24) is 15.6 Å². The molecule has 0 aliphatic carbocycles. The van der Waals surface area contributed by atoms with E-state index < -0.39 is 5.91 Å². The molecule has 9 heteroatoms. The Labute approximate surface area is 161 Å². The zero-order chi connectivity index (χ0) is 18.7. The van der Waals surface area contributed by atoms with E-state index in [4.69, 9.17) is 4.74 Å². The van der Waals surface area contributed by atoms with Crippen LogP contribution in [0, 0.1) is 0 Å². The molecular formula is C17H15BrN4O3S. The first kappa shape index (κ1) is 18.2. The van der Waals surface area contributed by atoms with E-state index in [0.717, 1.165) is 14.4 Å². The lowest BCUT2D eigenvalue weighted by Gasteiger charge is -2.06. The van der Waals surface area contributed by atoms with Crippen LogP contribution in [-0.2, 0) is 0 Å². The normalized spacial score (nSPS) is 11.4. The molecule has 0 fully saturated rings. The van der Waals surface area contributed by atoms with Gasteiger partial charge in [-0.15, -0.1) is 11.3 Å².